The van der Waals surface area contributed by atoms with Crippen molar-refractivity contribution in [2.45, 2.75) is 44.5 Å². The summed E-state index contributed by atoms with van der Waals surface area (Å²) < 4.78 is 0. The molecular weight excluding hydrogens is 232 g/mol. The molecule has 0 spiro atoms. The van der Waals surface area contributed by atoms with Gasteiger partial charge in [0.05, 0.1) is 5.88 Å². The van der Waals surface area contributed by atoms with Crippen molar-refractivity contribution in [3.05, 3.63) is 23.9 Å². The molecule has 1 aliphatic carbocycles. The molecule has 0 aromatic carbocycles. The molecule has 0 radical (unpaired) electrons. The van der Waals surface area contributed by atoms with Crippen LogP contribution in [-0.4, -0.2) is 18.1 Å². The van der Waals surface area contributed by atoms with E-state index in [1.165, 1.54) is 25.7 Å². The van der Waals surface area contributed by atoms with Crippen LogP contribution in [0.1, 0.15) is 38.2 Å². The van der Waals surface area contributed by atoms with E-state index in [0.29, 0.717) is 11.9 Å². The number of halogens is 1. The molecule has 0 N–H and O–H groups in total. The van der Waals surface area contributed by atoms with Crippen LogP contribution in [0.15, 0.2) is 18.3 Å². The van der Waals surface area contributed by atoms with Crippen molar-refractivity contribution in [1.29, 1.82) is 0 Å². The highest BCUT2D eigenvalue weighted by Gasteiger charge is 2.26. The van der Waals surface area contributed by atoms with E-state index in [1.807, 2.05) is 12.3 Å². The molecule has 0 saturated heterocycles. The van der Waals surface area contributed by atoms with E-state index in [0.717, 1.165) is 17.3 Å². The molecule has 1 fully saturated rings. The fourth-order valence-electron chi connectivity index (χ4n) is 2.88. The van der Waals surface area contributed by atoms with E-state index >= 15 is 0 Å². The topological polar surface area (TPSA) is 16.1 Å². The molecule has 2 rings (SSSR count). The Labute approximate surface area is 109 Å². The summed E-state index contributed by atoms with van der Waals surface area (Å²) in [4.78, 5) is 6.84. The second kappa shape index (κ2) is 5.72. The highest BCUT2D eigenvalue weighted by Crippen LogP contribution is 2.31. The molecule has 1 saturated carbocycles. The van der Waals surface area contributed by atoms with Gasteiger partial charge in [-0.3, -0.25) is 0 Å². The van der Waals surface area contributed by atoms with Gasteiger partial charge in [-0.1, -0.05) is 25.8 Å². The van der Waals surface area contributed by atoms with Gasteiger partial charge in [-0.25, -0.2) is 4.98 Å². The number of nitrogens with zero attached hydrogens (tertiary/aromatic N) is 2. The lowest BCUT2D eigenvalue weighted by atomic mass is 9.85. The number of anilines is 1. The van der Waals surface area contributed by atoms with Crippen LogP contribution in [0.4, 0.5) is 5.82 Å². The van der Waals surface area contributed by atoms with Gasteiger partial charge >= 0.3 is 0 Å². The van der Waals surface area contributed by atoms with Gasteiger partial charge in [0.2, 0.25) is 0 Å². The first-order valence-corrected chi connectivity index (χ1v) is 7.00. The van der Waals surface area contributed by atoms with Gasteiger partial charge in [0.15, 0.2) is 0 Å². The van der Waals surface area contributed by atoms with Gasteiger partial charge in [-0.05, 0) is 24.8 Å². The SMILES string of the molecule is CC1CCCCC1N(C)c1ncccc1CCl. The Kier molecular flexibility index (Phi) is 4.27. The zero-order chi connectivity index (χ0) is 12.3. The second-order valence-electron chi connectivity index (χ2n) is 5.06. The molecule has 1 aliphatic rings. The largest absolute Gasteiger partial charge is 0.356 e. The fourth-order valence-corrected chi connectivity index (χ4v) is 3.09. The summed E-state index contributed by atoms with van der Waals surface area (Å²) in [5, 5.41) is 0. The smallest absolute Gasteiger partial charge is 0.132 e. The zero-order valence-electron chi connectivity index (χ0n) is 10.7. The Hall–Kier alpha value is -0.760. The maximum Gasteiger partial charge on any atom is 0.132 e. The maximum atomic E-state index is 5.98. The molecule has 1 heterocycles. The van der Waals surface area contributed by atoms with Gasteiger partial charge in [0, 0.05) is 24.8 Å². The van der Waals surface area contributed by atoms with Gasteiger partial charge in [0.1, 0.15) is 5.82 Å². The van der Waals surface area contributed by atoms with Gasteiger partial charge < -0.3 is 4.90 Å². The first-order valence-electron chi connectivity index (χ1n) is 6.46. The monoisotopic (exact) mass is 252 g/mol. The molecule has 1 aromatic heterocycles. The van der Waals surface area contributed by atoms with E-state index in [9.17, 15) is 0 Å². The third kappa shape index (κ3) is 2.74. The summed E-state index contributed by atoms with van der Waals surface area (Å²) in [6, 6.07) is 4.64. The van der Waals surface area contributed by atoms with Gasteiger partial charge in [-0.15, -0.1) is 11.6 Å². The van der Waals surface area contributed by atoms with Gasteiger partial charge in [-0.2, -0.15) is 0 Å². The molecule has 0 bridgehead atoms. The van der Waals surface area contributed by atoms with Crippen LogP contribution < -0.4 is 4.90 Å². The van der Waals surface area contributed by atoms with E-state index in [-0.39, 0.29) is 0 Å². The van der Waals surface area contributed by atoms with Crippen molar-refractivity contribution >= 4 is 17.4 Å². The number of pyridine rings is 1. The summed E-state index contributed by atoms with van der Waals surface area (Å²) in [5.74, 6) is 2.34. The van der Waals surface area contributed by atoms with Crippen molar-refractivity contribution in [3.8, 4) is 0 Å². The molecule has 1 aromatic rings. The van der Waals surface area contributed by atoms with Crippen molar-refractivity contribution < 1.29 is 0 Å². The number of rotatable bonds is 3. The normalized spacial score (nSPS) is 24.6. The van der Waals surface area contributed by atoms with E-state index < -0.39 is 0 Å². The third-order valence-electron chi connectivity index (χ3n) is 3.91. The first-order chi connectivity index (χ1) is 8.24. The lowest BCUT2D eigenvalue weighted by molar-refractivity contribution is 0.320. The predicted molar refractivity (Wildman–Crippen MR) is 73.6 cm³/mol. The minimum Gasteiger partial charge on any atom is -0.356 e. The Morgan fingerprint density at radius 1 is 1.41 bits per heavy atom. The highest BCUT2D eigenvalue weighted by molar-refractivity contribution is 6.17. The van der Waals surface area contributed by atoms with Crippen LogP contribution >= 0.6 is 11.6 Å². The molecule has 17 heavy (non-hydrogen) atoms. The van der Waals surface area contributed by atoms with E-state index in [1.54, 1.807) is 0 Å². The molecule has 2 nitrogen and oxygen atoms in total. The van der Waals surface area contributed by atoms with Crippen LogP contribution in [0, 0.1) is 5.92 Å². The van der Waals surface area contributed by atoms with E-state index in [4.69, 9.17) is 11.6 Å². The Bertz CT molecular complexity index is 367. The quantitative estimate of drug-likeness (QED) is 0.760. The predicted octanol–water partition coefficient (Wildman–Crippen LogP) is 3.84. The van der Waals surface area contributed by atoms with E-state index in [2.05, 4.69) is 29.9 Å². The van der Waals surface area contributed by atoms with Crippen LogP contribution in [0.25, 0.3) is 0 Å². The Balaban J connectivity index is 2.20. The minimum absolute atomic E-state index is 0.536. The summed E-state index contributed by atoms with van der Waals surface area (Å²) in [5.41, 5.74) is 1.13. The molecule has 0 aliphatic heterocycles. The molecule has 2 atom stereocenters. The molecule has 94 valence electrons. The number of aromatic nitrogens is 1. The lowest BCUT2D eigenvalue weighted by Crippen LogP contribution is -2.39. The fraction of sp³-hybridized carbons (Fsp3) is 0.643. The Morgan fingerprint density at radius 3 is 2.88 bits per heavy atom. The average Bonchev–Trinajstić information content (AvgIpc) is 2.38. The summed E-state index contributed by atoms with van der Waals surface area (Å²) in [6.45, 7) is 2.35. The summed E-state index contributed by atoms with van der Waals surface area (Å²) in [7, 11) is 2.16. The van der Waals surface area contributed by atoms with Crippen molar-refractivity contribution in [1.82, 2.24) is 4.98 Å². The molecule has 0 amide bonds. The van der Waals surface area contributed by atoms with Crippen molar-refractivity contribution in [2.24, 2.45) is 5.92 Å². The molecule has 2 unspecified atom stereocenters. The average molecular weight is 253 g/mol. The van der Waals surface area contributed by atoms with Crippen molar-refractivity contribution in [2.75, 3.05) is 11.9 Å². The zero-order valence-corrected chi connectivity index (χ0v) is 11.5. The van der Waals surface area contributed by atoms with Gasteiger partial charge in [0.25, 0.3) is 0 Å². The number of hydrogen-bond donors (Lipinski definition) is 0. The summed E-state index contributed by atoms with van der Waals surface area (Å²) >= 11 is 5.98. The van der Waals surface area contributed by atoms with Crippen LogP contribution in [-0.2, 0) is 5.88 Å². The molecular formula is C14H21ClN2. The number of alkyl halides is 1. The minimum atomic E-state index is 0.536. The standard InChI is InChI=1S/C14H21ClN2/c1-11-6-3-4-8-13(11)17(2)14-12(10-15)7-5-9-16-14/h5,7,9,11,13H,3-4,6,8,10H2,1-2H3. The molecule has 3 heteroatoms. The van der Waals surface area contributed by atoms with Crippen LogP contribution in [0.2, 0.25) is 0 Å². The third-order valence-corrected chi connectivity index (χ3v) is 4.20. The van der Waals surface area contributed by atoms with Crippen LogP contribution in [0.3, 0.4) is 0 Å². The summed E-state index contributed by atoms with van der Waals surface area (Å²) in [6.07, 6.45) is 7.17. The van der Waals surface area contributed by atoms with Crippen LogP contribution in [0.5, 0.6) is 0 Å². The first kappa shape index (κ1) is 12.7. The Morgan fingerprint density at radius 2 is 2.18 bits per heavy atom. The van der Waals surface area contributed by atoms with Crippen molar-refractivity contribution in [3.63, 3.8) is 0 Å². The lowest BCUT2D eigenvalue weighted by Gasteiger charge is -2.37. The maximum absolute atomic E-state index is 5.98. The highest BCUT2D eigenvalue weighted by atomic mass is 35.5. The number of hydrogen-bond acceptors (Lipinski definition) is 2. The second-order valence-corrected chi connectivity index (χ2v) is 5.33.